The average molecular weight is 167 g/mol. The first-order valence-electron chi connectivity index (χ1n) is 3.97. The van der Waals surface area contributed by atoms with E-state index >= 15 is 0 Å². The smallest absolute Gasteiger partial charge is 0.126 e. The number of hydrogen-bond donors (Lipinski definition) is 1. The van der Waals surface area contributed by atoms with Crippen LogP contribution in [0.2, 0.25) is 0 Å². The van der Waals surface area contributed by atoms with E-state index in [9.17, 15) is 4.39 Å². The molecule has 1 nitrogen and oxygen atoms in total. The van der Waals surface area contributed by atoms with Crippen LogP contribution in [0, 0.1) is 12.7 Å². The minimum absolute atomic E-state index is 0.189. The van der Waals surface area contributed by atoms with Gasteiger partial charge in [0.25, 0.3) is 0 Å². The highest BCUT2D eigenvalue weighted by molar-refractivity contribution is 5.32. The molecule has 66 valence electrons. The molecular weight excluding hydrogens is 153 g/mol. The van der Waals surface area contributed by atoms with Gasteiger partial charge in [0.15, 0.2) is 0 Å². The van der Waals surface area contributed by atoms with E-state index in [0.717, 1.165) is 5.56 Å². The van der Waals surface area contributed by atoms with E-state index < -0.39 is 5.54 Å². The highest BCUT2D eigenvalue weighted by Gasteiger charge is 2.17. The number of benzene rings is 1. The molecule has 0 amide bonds. The lowest BCUT2D eigenvalue weighted by Gasteiger charge is -2.21. The Balaban J connectivity index is 3.26. The van der Waals surface area contributed by atoms with Gasteiger partial charge in [0.1, 0.15) is 5.82 Å². The standard InChI is InChI=1S/C10H14FN/c1-7-8(10(2,3)12)5-4-6-9(7)11/h4-6H,12H2,1-3H3. The Labute approximate surface area is 72.4 Å². The molecule has 0 aliphatic rings. The Bertz CT molecular complexity index is 286. The molecule has 1 aromatic carbocycles. The third-order valence-electron chi connectivity index (χ3n) is 1.96. The largest absolute Gasteiger partial charge is 0.322 e. The fourth-order valence-corrected chi connectivity index (χ4v) is 1.31. The van der Waals surface area contributed by atoms with Crippen molar-refractivity contribution in [2.24, 2.45) is 5.73 Å². The Kier molecular flexibility index (Phi) is 2.20. The second-order valence-corrected chi connectivity index (χ2v) is 3.63. The molecule has 0 fully saturated rings. The molecule has 12 heavy (non-hydrogen) atoms. The molecule has 1 aromatic rings. The van der Waals surface area contributed by atoms with Crippen molar-refractivity contribution in [2.75, 3.05) is 0 Å². The molecular formula is C10H14FN. The highest BCUT2D eigenvalue weighted by Crippen LogP contribution is 2.22. The predicted octanol–water partition coefficient (Wildman–Crippen LogP) is 2.33. The predicted molar refractivity (Wildman–Crippen MR) is 48.4 cm³/mol. The van der Waals surface area contributed by atoms with Gasteiger partial charge in [-0.1, -0.05) is 12.1 Å². The monoisotopic (exact) mass is 167 g/mol. The van der Waals surface area contributed by atoms with Crippen molar-refractivity contribution in [1.29, 1.82) is 0 Å². The maximum absolute atomic E-state index is 13.1. The van der Waals surface area contributed by atoms with Gasteiger partial charge in [-0.3, -0.25) is 0 Å². The Morgan fingerprint density at radius 3 is 2.33 bits per heavy atom. The second kappa shape index (κ2) is 2.87. The van der Waals surface area contributed by atoms with Crippen molar-refractivity contribution in [3.63, 3.8) is 0 Å². The summed E-state index contributed by atoms with van der Waals surface area (Å²) in [6, 6.07) is 5.00. The zero-order valence-corrected chi connectivity index (χ0v) is 7.69. The summed E-state index contributed by atoms with van der Waals surface area (Å²) in [5, 5.41) is 0. The molecule has 0 aromatic heterocycles. The molecule has 0 heterocycles. The van der Waals surface area contributed by atoms with Crippen molar-refractivity contribution in [3.8, 4) is 0 Å². The van der Waals surface area contributed by atoms with Crippen LogP contribution in [-0.2, 0) is 5.54 Å². The van der Waals surface area contributed by atoms with E-state index in [0.29, 0.717) is 5.56 Å². The van der Waals surface area contributed by atoms with E-state index in [1.165, 1.54) is 6.07 Å². The van der Waals surface area contributed by atoms with Crippen LogP contribution in [0.3, 0.4) is 0 Å². The Hall–Kier alpha value is -0.890. The molecule has 2 heteroatoms. The SMILES string of the molecule is Cc1c(F)cccc1C(C)(C)N. The van der Waals surface area contributed by atoms with Crippen molar-refractivity contribution >= 4 is 0 Å². The first-order valence-corrected chi connectivity index (χ1v) is 3.97. The summed E-state index contributed by atoms with van der Waals surface area (Å²) in [4.78, 5) is 0. The Morgan fingerprint density at radius 1 is 1.33 bits per heavy atom. The molecule has 0 bridgehead atoms. The van der Waals surface area contributed by atoms with Gasteiger partial charge in [-0.2, -0.15) is 0 Å². The quantitative estimate of drug-likeness (QED) is 0.682. The van der Waals surface area contributed by atoms with E-state index in [1.54, 1.807) is 13.0 Å². The number of nitrogens with two attached hydrogens (primary N) is 1. The highest BCUT2D eigenvalue weighted by atomic mass is 19.1. The number of rotatable bonds is 1. The van der Waals surface area contributed by atoms with Crippen molar-refractivity contribution in [2.45, 2.75) is 26.3 Å². The maximum Gasteiger partial charge on any atom is 0.126 e. The topological polar surface area (TPSA) is 26.0 Å². The van der Waals surface area contributed by atoms with Crippen LogP contribution in [0.1, 0.15) is 25.0 Å². The normalized spacial score (nSPS) is 11.8. The zero-order chi connectivity index (χ0) is 9.35. The van der Waals surface area contributed by atoms with Crippen LogP contribution < -0.4 is 5.73 Å². The third-order valence-corrected chi connectivity index (χ3v) is 1.96. The summed E-state index contributed by atoms with van der Waals surface area (Å²) >= 11 is 0. The van der Waals surface area contributed by atoms with Gasteiger partial charge in [-0.25, -0.2) is 4.39 Å². The van der Waals surface area contributed by atoms with Crippen LogP contribution in [0.15, 0.2) is 18.2 Å². The van der Waals surface area contributed by atoms with E-state index in [-0.39, 0.29) is 5.82 Å². The van der Waals surface area contributed by atoms with Gasteiger partial charge in [0.2, 0.25) is 0 Å². The minimum atomic E-state index is -0.466. The molecule has 0 aliphatic heterocycles. The lowest BCUT2D eigenvalue weighted by atomic mass is 9.91. The lowest BCUT2D eigenvalue weighted by molar-refractivity contribution is 0.536. The number of halogens is 1. The molecule has 0 saturated heterocycles. The molecule has 0 atom stereocenters. The molecule has 0 radical (unpaired) electrons. The van der Waals surface area contributed by atoms with Gasteiger partial charge in [0, 0.05) is 5.54 Å². The van der Waals surface area contributed by atoms with Gasteiger partial charge < -0.3 is 5.73 Å². The summed E-state index contributed by atoms with van der Waals surface area (Å²) in [5.41, 5.74) is 6.90. The van der Waals surface area contributed by atoms with Crippen LogP contribution in [-0.4, -0.2) is 0 Å². The zero-order valence-electron chi connectivity index (χ0n) is 7.69. The summed E-state index contributed by atoms with van der Waals surface area (Å²) in [5.74, 6) is -0.189. The van der Waals surface area contributed by atoms with E-state index in [4.69, 9.17) is 5.73 Å². The maximum atomic E-state index is 13.1. The molecule has 0 unspecified atom stereocenters. The summed E-state index contributed by atoms with van der Waals surface area (Å²) in [6.45, 7) is 5.49. The molecule has 0 saturated carbocycles. The molecule has 1 rings (SSSR count). The minimum Gasteiger partial charge on any atom is -0.322 e. The lowest BCUT2D eigenvalue weighted by Crippen LogP contribution is -2.29. The van der Waals surface area contributed by atoms with Crippen molar-refractivity contribution in [3.05, 3.63) is 35.1 Å². The number of hydrogen-bond acceptors (Lipinski definition) is 1. The van der Waals surface area contributed by atoms with Crippen molar-refractivity contribution in [1.82, 2.24) is 0 Å². The fourth-order valence-electron chi connectivity index (χ4n) is 1.31. The van der Waals surface area contributed by atoms with Gasteiger partial charge in [-0.05, 0) is 38.0 Å². The van der Waals surface area contributed by atoms with Crippen LogP contribution in [0.25, 0.3) is 0 Å². The summed E-state index contributed by atoms with van der Waals surface area (Å²) in [7, 11) is 0. The second-order valence-electron chi connectivity index (χ2n) is 3.63. The van der Waals surface area contributed by atoms with E-state index in [2.05, 4.69) is 0 Å². The van der Waals surface area contributed by atoms with Gasteiger partial charge in [0.05, 0.1) is 0 Å². The van der Waals surface area contributed by atoms with Crippen LogP contribution >= 0.6 is 0 Å². The first kappa shape index (κ1) is 9.20. The average Bonchev–Trinajstić information content (AvgIpc) is 1.92. The Morgan fingerprint density at radius 2 is 1.92 bits per heavy atom. The fraction of sp³-hybridized carbons (Fsp3) is 0.400. The van der Waals surface area contributed by atoms with Crippen LogP contribution in [0.5, 0.6) is 0 Å². The third kappa shape index (κ3) is 1.64. The van der Waals surface area contributed by atoms with Crippen LogP contribution in [0.4, 0.5) is 4.39 Å². The summed E-state index contributed by atoms with van der Waals surface area (Å²) in [6.07, 6.45) is 0. The molecule has 0 spiro atoms. The summed E-state index contributed by atoms with van der Waals surface area (Å²) < 4.78 is 13.1. The van der Waals surface area contributed by atoms with Gasteiger partial charge >= 0.3 is 0 Å². The molecule has 2 N–H and O–H groups in total. The van der Waals surface area contributed by atoms with E-state index in [1.807, 2.05) is 19.9 Å². The first-order chi connectivity index (χ1) is 5.43. The van der Waals surface area contributed by atoms with Crippen molar-refractivity contribution < 1.29 is 4.39 Å². The van der Waals surface area contributed by atoms with Gasteiger partial charge in [-0.15, -0.1) is 0 Å². The molecule has 0 aliphatic carbocycles.